The van der Waals surface area contributed by atoms with Crippen molar-refractivity contribution in [1.82, 2.24) is 0 Å². The predicted octanol–water partition coefficient (Wildman–Crippen LogP) is 4.92. The van der Waals surface area contributed by atoms with E-state index in [4.69, 9.17) is 5.73 Å². The van der Waals surface area contributed by atoms with E-state index < -0.39 is 0 Å². The van der Waals surface area contributed by atoms with E-state index in [1.54, 1.807) is 0 Å². The van der Waals surface area contributed by atoms with Crippen molar-refractivity contribution in [3.05, 3.63) is 29.8 Å². The van der Waals surface area contributed by atoms with Gasteiger partial charge in [0, 0.05) is 24.8 Å². The molecule has 120 valence electrons. The molecule has 2 N–H and O–H groups in total. The molecule has 1 rings (SSSR count). The highest BCUT2D eigenvalue weighted by molar-refractivity contribution is 5.56. The fourth-order valence-corrected chi connectivity index (χ4v) is 2.94. The minimum absolute atomic E-state index is 0.265. The van der Waals surface area contributed by atoms with Gasteiger partial charge in [0.05, 0.1) is 0 Å². The molecular weight excluding hydrogens is 256 g/mol. The maximum atomic E-state index is 6.49. The van der Waals surface area contributed by atoms with Gasteiger partial charge in [0.1, 0.15) is 0 Å². The molecule has 1 aromatic carbocycles. The van der Waals surface area contributed by atoms with Crippen molar-refractivity contribution < 1.29 is 0 Å². The normalized spacial score (nSPS) is 14.8. The molecule has 2 nitrogen and oxygen atoms in total. The van der Waals surface area contributed by atoms with Gasteiger partial charge in [-0.3, -0.25) is 0 Å². The molecular formula is C19H34N2. The Morgan fingerprint density at radius 1 is 1.10 bits per heavy atom. The predicted molar refractivity (Wildman–Crippen MR) is 94.8 cm³/mol. The highest BCUT2D eigenvalue weighted by Crippen LogP contribution is 2.33. The lowest BCUT2D eigenvalue weighted by molar-refractivity contribution is 0.329. The van der Waals surface area contributed by atoms with E-state index in [2.05, 4.69) is 70.8 Å². The first-order chi connectivity index (χ1) is 9.73. The Balaban J connectivity index is 2.95. The molecule has 2 heteroatoms. The Hall–Kier alpha value is -1.02. The van der Waals surface area contributed by atoms with Crippen LogP contribution in [0, 0.1) is 5.41 Å². The summed E-state index contributed by atoms with van der Waals surface area (Å²) in [5, 5.41) is 0. The molecule has 0 aromatic heterocycles. The van der Waals surface area contributed by atoms with E-state index in [1.807, 2.05) is 0 Å². The van der Waals surface area contributed by atoms with E-state index in [1.165, 1.54) is 30.5 Å². The van der Waals surface area contributed by atoms with Gasteiger partial charge in [0.25, 0.3) is 0 Å². The molecule has 0 aliphatic rings. The number of nitrogens with zero attached hydrogens (tertiary/aromatic N) is 1. The zero-order valence-electron chi connectivity index (χ0n) is 14.9. The molecule has 1 atom stereocenters. The van der Waals surface area contributed by atoms with Crippen molar-refractivity contribution in [2.45, 2.75) is 65.8 Å². The summed E-state index contributed by atoms with van der Waals surface area (Å²) in [5.41, 5.74) is 9.08. The molecule has 1 aromatic rings. The monoisotopic (exact) mass is 290 g/mol. The second kappa shape index (κ2) is 7.31. The summed E-state index contributed by atoms with van der Waals surface area (Å²) in [7, 11) is 2.19. The summed E-state index contributed by atoms with van der Waals surface area (Å²) < 4.78 is 0. The molecule has 0 bridgehead atoms. The van der Waals surface area contributed by atoms with Crippen molar-refractivity contribution in [3.8, 4) is 0 Å². The Bertz CT molecular complexity index is 435. The zero-order valence-corrected chi connectivity index (χ0v) is 14.9. The van der Waals surface area contributed by atoms with Crippen LogP contribution in [0.15, 0.2) is 24.3 Å². The number of rotatable bonds is 8. The first-order valence-electron chi connectivity index (χ1n) is 8.33. The molecule has 0 aliphatic heterocycles. The molecule has 0 spiro atoms. The largest absolute Gasteiger partial charge is 0.374 e. The van der Waals surface area contributed by atoms with Gasteiger partial charge in [0.2, 0.25) is 0 Å². The summed E-state index contributed by atoms with van der Waals surface area (Å²) in [6.07, 6.45) is 4.77. The van der Waals surface area contributed by atoms with Gasteiger partial charge < -0.3 is 10.6 Å². The lowest BCUT2D eigenvalue weighted by Gasteiger charge is -2.35. The van der Waals surface area contributed by atoms with Crippen LogP contribution in [0.1, 0.15) is 65.9 Å². The number of para-hydroxylation sites is 1. The highest BCUT2D eigenvalue weighted by Gasteiger charge is 2.26. The molecule has 0 amide bonds. The third-order valence-electron chi connectivity index (χ3n) is 4.54. The number of unbranched alkanes of at least 4 members (excludes halogenated alkanes) is 1. The van der Waals surface area contributed by atoms with Gasteiger partial charge in [-0.15, -0.1) is 0 Å². The van der Waals surface area contributed by atoms with Crippen molar-refractivity contribution >= 4 is 5.69 Å². The van der Waals surface area contributed by atoms with Crippen LogP contribution >= 0.6 is 0 Å². The lowest BCUT2D eigenvalue weighted by atomic mass is 9.85. The Morgan fingerprint density at radius 3 is 2.29 bits per heavy atom. The topological polar surface area (TPSA) is 29.3 Å². The maximum Gasteiger partial charge on any atom is 0.0415 e. The van der Waals surface area contributed by atoms with Crippen LogP contribution in [0.4, 0.5) is 5.69 Å². The van der Waals surface area contributed by atoms with Crippen molar-refractivity contribution in [2.24, 2.45) is 11.1 Å². The summed E-state index contributed by atoms with van der Waals surface area (Å²) in [4.78, 5) is 2.38. The summed E-state index contributed by atoms with van der Waals surface area (Å²) in [6.45, 7) is 12.3. The van der Waals surface area contributed by atoms with Crippen LogP contribution in [0.3, 0.4) is 0 Å². The van der Waals surface area contributed by atoms with Crippen molar-refractivity contribution in [1.29, 1.82) is 0 Å². The van der Waals surface area contributed by atoms with Crippen LogP contribution in [0.5, 0.6) is 0 Å². The first kappa shape index (κ1) is 18.0. The highest BCUT2D eigenvalue weighted by atomic mass is 15.1. The molecule has 0 saturated carbocycles. The van der Waals surface area contributed by atoms with Crippen LogP contribution in [-0.4, -0.2) is 13.6 Å². The van der Waals surface area contributed by atoms with E-state index in [0.29, 0.717) is 5.41 Å². The van der Waals surface area contributed by atoms with Crippen LogP contribution in [0.25, 0.3) is 0 Å². The fraction of sp³-hybridized carbons (Fsp3) is 0.684. The first-order valence-corrected chi connectivity index (χ1v) is 8.33. The molecule has 0 aliphatic carbocycles. The minimum atomic E-state index is -0.265. The standard InChI is InChI=1S/C19H34N2/c1-7-9-14-18(3,4)15-21(6)17-13-11-10-12-16(17)19(5,20)8-2/h10-13H,7-9,14-15,20H2,1-6H3. The molecule has 0 radical (unpaired) electrons. The van der Waals surface area contributed by atoms with Crippen molar-refractivity contribution in [2.75, 3.05) is 18.5 Å². The third-order valence-corrected chi connectivity index (χ3v) is 4.54. The van der Waals surface area contributed by atoms with E-state index in [9.17, 15) is 0 Å². The molecule has 21 heavy (non-hydrogen) atoms. The third kappa shape index (κ3) is 5.03. The van der Waals surface area contributed by atoms with Crippen molar-refractivity contribution in [3.63, 3.8) is 0 Å². The number of anilines is 1. The van der Waals surface area contributed by atoms with Gasteiger partial charge in [-0.05, 0) is 36.8 Å². The van der Waals surface area contributed by atoms with Crippen LogP contribution in [-0.2, 0) is 5.54 Å². The number of hydrogen-bond acceptors (Lipinski definition) is 2. The quantitative estimate of drug-likeness (QED) is 0.736. The molecule has 0 saturated heterocycles. The average molecular weight is 290 g/mol. The molecule has 0 heterocycles. The summed E-state index contributed by atoms with van der Waals surface area (Å²) in [5.74, 6) is 0. The Morgan fingerprint density at radius 2 is 1.71 bits per heavy atom. The van der Waals surface area contributed by atoms with E-state index in [0.717, 1.165) is 13.0 Å². The smallest absolute Gasteiger partial charge is 0.0415 e. The van der Waals surface area contributed by atoms with Gasteiger partial charge in [-0.1, -0.05) is 58.7 Å². The van der Waals surface area contributed by atoms with Gasteiger partial charge >= 0.3 is 0 Å². The van der Waals surface area contributed by atoms with Crippen LogP contribution in [0.2, 0.25) is 0 Å². The second-order valence-corrected chi connectivity index (χ2v) is 7.41. The number of benzene rings is 1. The Kier molecular flexibility index (Phi) is 6.27. The summed E-state index contributed by atoms with van der Waals surface area (Å²) >= 11 is 0. The summed E-state index contributed by atoms with van der Waals surface area (Å²) in [6, 6.07) is 8.58. The maximum absolute atomic E-state index is 6.49. The van der Waals surface area contributed by atoms with Crippen LogP contribution < -0.4 is 10.6 Å². The van der Waals surface area contributed by atoms with E-state index in [-0.39, 0.29) is 5.54 Å². The molecule has 0 fully saturated rings. The zero-order chi connectivity index (χ0) is 16.1. The molecule has 1 unspecified atom stereocenters. The van der Waals surface area contributed by atoms with Gasteiger partial charge in [0.15, 0.2) is 0 Å². The van der Waals surface area contributed by atoms with Gasteiger partial charge in [-0.2, -0.15) is 0 Å². The minimum Gasteiger partial charge on any atom is -0.374 e. The van der Waals surface area contributed by atoms with Gasteiger partial charge in [-0.25, -0.2) is 0 Å². The lowest BCUT2D eigenvalue weighted by Crippen LogP contribution is -2.37. The van der Waals surface area contributed by atoms with E-state index >= 15 is 0 Å². The average Bonchev–Trinajstić information content (AvgIpc) is 2.44. The second-order valence-electron chi connectivity index (χ2n) is 7.41. The Labute approximate surface area is 131 Å². The number of nitrogens with two attached hydrogens (primary N) is 1. The SMILES string of the molecule is CCCCC(C)(C)CN(C)c1ccccc1C(C)(N)CC. The number of hydrogen-bond donors (Lipinski definition) is 1. The fourth-order valence-electron chi connectivity index (χ4n) is 2.94.